The van der Waals surface area contributed by atoms with Gasteiger partial charge in [0, 0.05) is 16.0 Å². The summed E-state index contributed by atoms with van der Waals surface area (Å²) in [6, 6.07) is 20.3. The highest BCUT2D eigenvalue weighted by molar-refractivity contribution is 6.31. The molecule has 2 aromatic heterocycles. The van der Waals surface area contributed by atoms with Crippen molar-refractivity contribution < 1.29 is 9.59 Å². The Kier molecular flexibility index (Phi) is 6.69. The average molecular weight is 528 g/mol. The van der Waals surface area contributed by atoms with Crippen molar-refractivity contribution in [2.75, 3.05) is 10.6 Å². The Morgan fingerprint density at radius 1 is 0.947 bits per heavy atom. The number of aromatic nitrogens is 5. The van der Waals surface area contributed by atoms with Crippen LogP contribution in [-0.4, -0.2) is 37.4 Å². The van der Waals surface area contributed by atoms with Crippen LogP contribution in [0.15, 0.2) is 66.7 Å². The average Bonchev–Trinajstić information content (AvgIpc) is 3.56. The van der Waals surface area contributed by atoms with Gasteiger partial charge in [0.05, 0.1) is 23.3 Å². The SMILES string of the molecule is CC(C)(C)c1ccc(CC(=O)Nc2cccc3cc(C(=O)Nc4ccc(Cl)cc4-c4nnn[nH]4)[nH]c23)cc1. The van der Waals surface area contributed by atoms with Gasteiger partial charge in [-0.3, -0.25) is 9.59 Å². The Morgan fingerprint density at radius 2 is 1.74 bits per heavy atom. The number of halogens is 1. The fraction of sp³-hybridized carbons (Fsp3) is 0.179. The van der Waals surface area contributed by atoms with Crippen LogP contribution >= 0.6 is 11.6 Å². The summed E-state index contributed by atoms with van der Waals surface area (Å²) in [5, 5.41) is 20.9. The Balaban J connectivity index is 1.33. The number of nitrogens with one attached hydrogen (secondary N) is 4. The lowest BCUT2D eigenvalue weighted by molar-refractivity contribution is -0.115. The van der Waals surface area contributed by atoms with Crippen molar-refractivity contribution in [2.24, 2.45) is 0 Å². The Bertz CT molecular complexity index is 1620. The number of carbonyl (C=O) groups excluding carboxylic acids is 2. The van der Waals surface area contributed by atoms with Gasteiger partial charge in [0.25, 0.3) is 5.91 Å². The van der Waals surface area contributed by atoms with E-state index < -0.39 is 0 Å². The highest BCUT2D eigenvalue weighted by Gasteiger charge is 2.17. The molecule has 10 heteroatoms. The molecule has 192 valence electrons. The first-order valence-electron chi connectivity index (χ1n) is 12.0. The molecule has 0 fully saturated rings. The van der Waals surface area contributed by atoms with Crippen LogP contribution in [0.1, 0.15) is 42.4 Å². The van der Waals surface area contributed by atoms with E-state index in [1.165, 1.54) is 5.56 Å². The second kappa shape index (κ2) is 10.1. The summed E-state index contributed by atoms with van der Waals surface area (Å²) in [6.45, 7) is 6.47. The molecule has 0 saturated carbocycles. The lowest BCUT2D eigenvalue weighted by atomic mass is 9.86. The highest BCUT2D eigenvalue weighted by Crippen LogP contribution is 2.30. The largest absolute Gasteiger partial charge is 0.349 e. The quantitative estimate of drug-likeness (QED) is 0.224. The van der Waals surface area contributed by atoms with E-state index in [0.29, 0.717) is 39.0 Å². The molecule has 4 N–H and O–H groups in total. The third-order valence-corrected chi connectivity index (χ3v) is 6.42. The second-order valence-corrected chi connectivity index (χ2v) is 10.5. The Labute approximate surface area is 224 Å². The third-order valence-electron chi connectivity index (χ3n) is 6.19. The van der Waals surface area contributed by atoms with Gasteiger partial charge in [-0.1, -0.05) is 68.8 Å². The van der Waals surface area contributed by atoms with E-state index in [9.17, 15) is 9.59 Å². The number of fused-ring (bicyclic) bond motifs is 1. The molecule has 0 aliphatic heterocycles. The number of tetrazole rings is 1. The van der Waals surface area contributed by atoms with Gasteiger partial charge in [-0.05, 0) is 57.3 Å². The zero-order chi connectivity index (χ0) is 26.9. The van der Waals surface area contributed by atoms with E-state index >= 15 is 0 Å². The molecule has 5 aromatic rings. The molecular formula is C28H26ClN7O2. The molecule has 0 atom stereocenters. The van der Waals surface area contributed by atoms with E-state index in [2.05, 4.69) is 69.1 Å². The zero-order valence-electron chi connectivity index (χ0n) is 21.1. The van der Waals surface area contributed by atoms with Crippen molar-refractivity contribution in [1.29, 1.82) is 0 Å². The summed E-state index contributed by atoms with van der Waals surface area (Å²) in [7, 11) is 0. The first-order valence-corrected chi connectivity index (χ1v) is 12.4. The number of benzene rings is 3. The fourth-order valence-electron chi connectivity index (χ4n) is 4.17. The van der Waals surface area contributed by atoms with Crippen LogP contribution in [0.5, 0.6) is 0 Å². The lowest BCUT2D eigenvalue weighted by Gasteiger charge is -2.19. The molecular weight excluding hydrogens is 502 g/mol. The maximum Gasteiger partial charge on any atom is 0.272 e. The van der Waals surface area contributed by atoms with E-state index in [1.807, 2.05) is 24.3 Å². The van der Waals surface area contributed by atoms with E-state index in [0.717, 1.165) is 10.9 Å². The van der Waals surface area contributed by atoms with Crippen molar-refractivity contribution >= 4 is 45.7 Å². The van der Waals surface area contributed by atoms with Crippen molar-refractivity contribution in [3.05, 3.63) is 88.6 Å². The molecule has 0 radical (unpaired) electrons. The normalized spacial score (nSPS) is 11.5. The van der Waals surface area contributed by atoms with Gasteiger partial charge in [-0.15, -0.1) is 5.10 Å². The van der Waals surface area contributed by atoms with Gasteiger partial charge in [-0.25, -0.2) is 5.10 Å². The van der Waals surface area contributed by atoms with E-state index in [1.54, 1.807) is 30.3 Å². The summed E-state index contributed by atoms with van der Waals surface area (Å²) in [5.74, 6) is -0.140. The summed E-state index contributed by atoms with van der Waals surface area (Å²) in [5.41, 5.74) is 4.81. The van der Waals surface area contributed by atoms with E-state index in [4.69, 9.17) is 11.6 Å². The number of nitrogens with zero attached hydrogens (tertiary/aromatic N) is 3. The predicted molar refractivity (Wildman–Crippen MR) is 148 cm³/mol. The molecule has 0 aliphatic rings. The summed E-state index contributed by atoms with van der Waals surface area (Å²) in [6.07, 6.45) is 0.241. The van der Waals surface area contributed by atoms with Gasteiger partial charge >= 0.3 is 0 Å². The smallest absolute Gasteiger partial charge is 0.272 e. The van der Waals surface area contributed by atoms with Crippen LogP contribution in [0.2, 0.25) is 5.02 Å². The third kappa shape index (κ3) is 5.42. The second-order valence-electron chi connectivity index (χ2n) is 10.0. The summed E-state index contributed by atoms with van der Waals surface area (Å²) < 4.78 is 0. The number of aromatic amines is 2. The minimum atomic E-state index is -0.367. The maximum atomic E-state index is 13.1. The number of H-pyrrole nitrogens is 2. The molecule has 3 aromatic carbocycles. The molecule has 2 heterocycles. The van der Waals surface area contributed by atoms with Gasteiger partial charge in [0.15, 0.2) is 5.82 Å². The molecule has 0 aliphatic carbocycles. The van der Waals surface area contributed by atoms with Crippen molar-refractivity contribution in [2.45, 2.75) is 32.6 Å². The molecule has 9 nitrogen and oxygen atoms in total. The monoisotopic (exact) mass is 527 g/mol. The van der Waals surface area contributed by atoms with Crippen LogP contribution in [0.25, 0.3) is 22.3 Å². The molecule has 2 amide bonds. The Morgan fingerprint density at radius 3 is 2.45 bits per heavy atom. The van der Waals surface area contributed by atoms with Crippen molar-refractivity contribution in [1.82, 2.24) is 25.6 Å². The van der Waals surface area contributed by atoms with Crippen LogP contribution < -0.4 is 10.6 Å². The van der Waals surface area contributed by atoms with Crippen LogP contribution in [0.4, 0.5) is 11.4 Å². The van der Waals surface area contributed by atoms with Gasteiger partial charge < -0.3 is 15.6 Å². The number of rotatable bonds is 6. The van der Waals surface area contributed by atoms with Crippen LogP contribution in [0, 0.1) is 0 Å². The predicted octanol–water partition coefficient (Wildman–Crippen LogP) is 5.73. The number of hydrogen-bond donors (Lipinski definition) is 4. The van der Waals surface area contributed by atoms with Gasteiger partial charge in [-0.2, -0.15) is 0 Å². The minimum Gasteiger partial charge on any atom is -0.349 e. The number of hydrogen-bond acceptors (Lipinski definition) is 5. The molecule has 5 rings (SSSR count). The molecule has 0 bridgehead atoms. The molecule has 0 unspecified atom stereocenters. The first kappa shape index (κ1) is 25.2. The topological polar surface area (TPSA) is 128 Å². The number of anilines is 2. The van der Waals surface area contributed by atoms with E-state index in [-0.39, 0.29) is 23.7 Å². The van der Waals surface area contributed by atoms with Crippen LogP contribution in [0.3, 0.4) is 0 Å². The summed E-state index contributed by atoms with van der Waals surface area (Å²) in [4.78, 5) is 29.1. The minimum absolute atomic E-state index is 0.0519. The standard InChI is InChI=1S/C28H26ClN7O2/c1-28(2,3)18-9-7-16(8-10-18)13-24(37)30-22-6-4-5-17-14-23(31-25(17)22)27(38)32-21-12-11-19(29)15-20(21)26-33-35-36-34-26/h4-12,14-15,31H,13H2,1-3H3,(H,30,37)(H,32,38)(H,33,34,35,36). The van der Waals surface area contributed by atoms with Crippen molar-refractivity contribution in [3.63, 3.8) is 0 Å². The maximum absolute atomic E-state index is 13.1. The zero-order valence-corrected chi connectivity index (χ0v) is 21.8. The fourth-order valence-corrected chi connectivity index (χ4v) is 4.34. The molecule has 38 heavy (non-hydrogen) atoms. The lowest BCUT2D eigenvalue weighted by Crippen LogP contribution is -2.15. The Hall–Kier alpha value is -4.50. The van der Waals surface area contributed by atoms with Gasteiger partial charge in [0.2, 0.25) is 5.91 Å². The highest BCUT2D eigenvalue weighted by atomic mass is 35.5. The summed E-state index contributed by atoms with van der Waals surface area (Å²) >= 11 is 6.14. The van der Waals surface area contributed by atoms with Gasteiger partial charge in [0.1, 0.15) is 5.69 Å². The first-order chi connectivity index (χ1) is 18.2. The molecule has 0 saturated heterocycles. The van der Waals surface area contributed by atoms with Crippen molar-refractivity contribution in [3.8, 4) is 11.4 Å². The number of amides is 2. The number of para-hydroxylation sites is 1. The molecule has 0 spiro atoms. The van der Waals surface area contributed by atoms with Crippen LogP contribution in [-0.2, 0) is 16.6 Å². The number of carbonyl (C=O) groups is 2.